The fourth-order valence-corrected chi connectivity index (χ4v) is 3.98. The highest BCUT2D eigenvalue weighted by Crippen LogP contribution is 2.31. The molecule has 4 rings (SSSR count). The topological polar surface area (TPSA) is 65.2 Å². The number of carbonyl (C=O) groups is 1. The summed E-state index contributed by atoms with van der Waals surface area (Å²) < 4.78 is 23.3. The zero-order valence-electron chi connectivity index (χ0n) is 16.8. The number of morpholine rings is 1. The Labute approximate surface area is 168 Å². The first-order valence-corrected chi connectivity index (χ1v) is 9.61. The van der Waals surface area contributed by atoms with Gasteiger partial charge in [0.2, 0.25) is 5.91 Å². The molecule has 1 atom stereocenters. The number of aromatic nitrogens is 4. The largest absolute Gasteiger partial charge is 0.377 e. The van der Waals surface area contributed by atoms with Crippen LogP contribution in [0.4, 0.5) is 4.39 Å². The van der Waals surface area contributed by atoms with Gasteiger partial charge in [-0.1, -0.05) is 12.1 Å². The van der Waals surface area contributed by atoms with Gasteiger partial charge in [-0.2, -0.15) is 10.2 Å². The van der Waals surface area contributed by atoms with Gasteiger partial charge < -0.3 is 9.64 Å². The van der Waals surface area contributed by atoms with Gasteiger partial charge in [-0.15, -0.1) is 0 Å². The smallest absolute Gasteiger partial charge is 0.227 e. The van der Waals surface area contributed by atoms with Crippen LogP contribution in [0.15, 0.2) is 36.7 Å². The Morgan fingerprint density at radius 2 is 2.10 bits per heavy atom. The third-order valence-electron chi connectivity index (χ3n) is 5.32. The molecule has 1 amide bonds. The first kappa shape index (κ1) is 19.3. The number of para-hydroxylation sites is 1. The van der Waals surface area contributed by atoms with Crippen LogP contribution in [0, 0.1) is 19.7 Å². The van der Waals surface area contributed by atoms with E-state index in [4.69, 9.17) is 4.74 Å². The van der Waals surface area contributed by atoms with Crippen molar-refractivity contribution < 1.29 is 13.9 Å². The lowest BCUT2D eigenvalue weighted by Crippen LogP contribution is -2.44. The second kappa shape index (κ2) is 7.79. The maximum atomic E-state index is 14.3. The zero-order chi connectivity index (χ0) is 20.5. The van der Waals surface area contributed by atoms with Gasteiger partial charge in [-0.05, 0) is 31.5 Å². The number of rotatable bonds is 4. The summed E-state index contributed by atoms with van der Waals surface area (Å²) in [5.74, 6) is -0.321. The minimum absolute atomic E-state index is 0.0174. The molecule has 3 heterocycles. The predicted octanol–water partition coefficient (Wildman–Crippen LogP) is 2.50. The van der Waals surface area contributed by atoms with Gasteiger partial charge in [0.05, 0.1) is 37.6 Å². The van der Waals surface area contributed by atoms with E-state index >= 15 is 0 Å². The summed E-state index contributed by atoms with van der Waals surface area (Å²) in [6.45, 7) is 5.18. The quantitative estimate of drug-likeness (QED) is 0.679. The van der Waals surface area contributed by atoms with Crippen LogP contribution >= 0.6 is 0 Å². The van der Waals surface area contributed by atoms with E-state index in [-0.39, 0.29) is 24.2 Å². The van der Waals surface area contributed by atoms with Crippen molar-refractivity contribution in [2.45, 2.75) is 26.3 Å². The Kier molecular flexibility index (Phi) is 5.19. The Bertz CT molecular complexity index is 1040. The molecule has 0 radical (unpaired) electrons. The average molecular weight is 397 g/mol. The molecule has 0 saturated carbocycles. The van der Waals surface area contributed by atoms with Gasteiger partial charge in [0.15, 0.2) is 0 Å². The number of nitrogens with zero attached hydrogens (tertiary/aromatic N) is 5. The summed E-state index contributed by atoms with van der Waals surface area (Å²) in [7, 11) is 1.83. The lowest BCUT2D eigenvalue weighted by Gasteiger charge is -2.36. The second-order valence-corrected chi connectivity index (χ2v) is 7.32. The Morgan fingerprint density at radius 3 is 2.83 bits per heavy atom. The summed E-state index contributed by atoms with van der Waals surface area (Å²) in [6.07, 6.45) is 3.84. The molecule has 1 fully saturated rings. The minimum Gasteiger partial charge on any atom is -0.377 e. The van der Waals surface area contributed by atoms with Gasteiger partial charge in [-0.3, -0.25) is 9.48 Å². The summed E-state index contributed by atoms with van der Waals surface area (Å²) in [4.78, 5) is 14.9. The maximum absolute atomic E-state index is 14.3. The molecular weight excluding hydrogens is 373 g/mol. The van der Waals surface area contributed by atoms with Crippen molar-refractivity contribution in [3.8, 4) is 5.69 Å². The van der Waals surface area contributed by atoms with Crippen LogP contribution in [0.2, 0.25) is 0 Å². The van der Waals surface area contributed by atoms with Crippen LogP contribution in [0.3, 0.4) is 0 Å². The molecule has 1 aromatic carbocycles. The van der Waals surface area contributed by atoms with Crippen molar-refractivity contribution in [1.82, 2.24) is 24.5 Å². The van der Waals surface area contributed by atoms with Crippen LogP contribution in [0.5, 0.6) is 0 Å². The van der Waals surface area contributed by atoms with Crippen LogP contribution in [0.25, 0.3) is 5.69 Å². The molecule has 3 aromatic rings. The van der Waals surface area contributed by atoms with Gasteiger partial charge in [0, 0.05) is 31.0 Å². The Balaban J connectivity index is 1.67. The average Bonchev–Trinajstić information content (AvgIpc) is 3.24. The van der Waals surface area contributed by atoms with Gasteiger partial charge in [-0.25, -0.2) is 9.07 Å². The number of ether oxygens (including phenoxy) is 1. The molecule has 8 heteroatoms. The number of halogens is 1. The highest BCUT2D eigenvalue weighted by Gasteiger charge is 2.33. The molecule has 7 nitrogen and oxygen atoms in total. The maximum Gasteiger partial charge on any atom is 0.227 e. The molecule has 0 bridgehead atoms. The van der Waals surface area contributed by atoms with Crippen molar-refractivity contribution in [1.29, 1.82) is 0 Å². The Morgan fingerprint density at radius 1 is 1.31 bits per heavy atom. The molecule has 1 aliphatic heterocycles. The lowest BCUT2D eigenvalue weighted by atomic mass is 10.0. The number of amides is 1. The molecule has 1 aliphatic rings. The molecular formula is C21H24FN5O2. The molecule has 0 spiro atoms. The van der Waals surface area contributed by atoms with Gasteiger partial charge in [0.1, 0.15) is 11.5 Å². The highest BCUT2D eigenvalue weighted by atomic mass is 19.1. The number of benzene rings is 1. The van der Waals surface area contributed by atoms with Crippen LogP contribution in [-0.4, -0.2) is 50.1 Å². The minimum atomic E-state index is -0.339. The van der Waals surface area contributed by atoms with E-state index < -0.39 is 0 Å². The van der Waals surface area contributed by atoms with E-state index in [2.05, 4.69) is 10.2 Å². The molecule has 2 aromatic heterocycles. The van der Waals surface area contributed by atoms with Crippen molar-refractivity contribution in [3.63, 3.8) is 0 Å². The van der Waals surface area contributed by atoms with Crippen LogP contribution in [0.1, 0.15) is 28.6 Å². The van der Waals surface area contributed by atoms with Gasteiger partial charge in [0.25, 0.3) is 0 Å². The van der Waals surface area contributed by atoms with Crippen LogP contribution < -0.4 is 0 Å². The fraction of sp³-hybridized carbons (Fsp3) is 0.381. The number of aryl methyl sites for hydroxylation is 2. The van der Waals surface area contributed by atoms with Crippen LogP contribution in [-0.2, 0) is 23.0 Å². The monoisotopic (exact) mass is 397 g/mol. The number of hydrogen-bond acceptors (Lipinski definition) is 4. The van der Waals surface area contributed by atoms with Gasteiger partial charge >= 0.3 is 0 Å². The summed E-state index contributed by atoms with van der Waals surface area (Å²) in [5.41, 5.74) is 3.75. The third kappa shape index (κ3) is 3.67. The highest BCUT2D eigenvalue weighted by molar-refractivity contribution is 5.79. The Hall–Kier alpha value is -3.00. The first-order chi connectivity index (χ1) is 14.0. The molecule has 152 valence electrons. The number of carbonyl (C=O) groups excluding carboxylic acids is 1. The summed E-state index contributed by atoms with van der Waals surface area (Å²) in [5, 5.41) is 8.71. The molecule has 29 heavy (non-hydrogen) atoms. The fourth-order valence-electron chi connectivity index (χ4n) is 3.98. The van der Waals surface area contributed by atoms with E-state index in [9.17, 15) is 9.18 Å². The van der Waals surface area contributed by atoms with Crippen molar-refractivity contribution in [2.75, 3.05) is 19.8 Å². The third-order valence-corrected chi connectivity index (χ3v) is 5.32. The van der Waals surface area contributed by atoms with Crippen molar-refractivity contribution in [2.24, 2.45) is 7.05 Å². The predicted molar refractivity (Wildman–Crippen MR) is 105 cm³/mol. The summed E-state index contributed by atoms with van der Waals surface area (Å²) in [6, 6.07) is 6.29. The SMILES string of the molecule is Cc1nn(-c2ccccc2F)c(C)c1[C@H]1COCCN1C(=O)Cc1cnn(C)c1. The molecule has 1 saturated heterocycles. The lowest BCUT2D eigenvalue weighted by molar-refractivity contribution is -0.139. The van der Waals surface area contributed by atoms with E-state index in [1.165, 1.54) is 6.07 Å². The second-order valence-electron chi connectivity index (χ2n) is 7.32. The molecule has 0 unspecified atom stereocenters. The van der Waals surface area contributed by atoms with E-state index in [0.717, 1.165) is 22.5 Å². The van der Waals surface area contributed by atoms with Crippen molar-refractivity contribution in [3.05, 3.63) is 65.0 Å². The van der Waals surface area contributed by atoms with E-state index in [1.54, 1.807) is 33.8 Å². The standard InChI is InChI=1S/C21H24FN5O2/c1-14-21(15(2)27(24-14)18-7-5-4-6-17(18)22)19-13-29-9-8-26(19)20(28)10-16-11-23-25(3)12-16/h4-7,11-12,19H,8-10,13H2,1-3H3/t19-/m1/s1. The number of hydrogen-bond donors (Lipinski definition) is 0. The normalized spacial score (nSPS) is 17.0. The van der Waals surface area contributed by atoms with Crippen molar-refractivity contribution >= 4 is 5.91 Å². The first-order valence-electron chi connectivity index (χ1n) is 9.61. The molecule has 0 aliphatic carbocycles. The zero-order valence-corrected chi connectivity index (χ0v) is 16.8. The van der Waals surface area contributed by atoms with E-state index in [0.29, 0.717) is 25.4 Å². The van der Waals surface area contributed by atoms with E-state index in [1.807, 2.05) is 32.0 Å². The summed E-state index contributed by atoms with van der Waals surface area (Å²) >= 11 is 0. The molecule has 0 N–H and O–H groups in total.